The summed E-state index contributed by atoms with van der Waals surface area (Å²) in [5, 5.41) is 0.422. The van der Waals surface area contributed by atoms with Crippen LogP contribution < -0.4 is 0 Å². The number of carbonyl (C=O) groups is 2. The number of ether oxygens (including phenoxy) is 2. The number of halogens is 1. The minimum atomic E-state index is -3.57. The molecule has 2 aromatic rings. The fourth-order valence-corrected chi connectivity index (χ4v) is 4.38. The van der Waals surface area contributed by atoms with E-state index in [2.05, 4.69) is 0 Å². The van der Waals surface area contributed by atoms with E-state index in [4.69, 9.17) is 21.1 Å². The molecule has 3 rings (SSSR count). The highest BCUT2D eigenvalue weighted by molar-refractivity contribution is 7.89. The maximum Gasteiger partial charge on any atom is 0.331 e. The van der Waals surface area contributed by atoms with Crippen molar-refractivity contribution in [1.82, 2.24) is 4.31 Å². The molecule has 0 unspecified atom stereocenters. The molecule has 1 fully saturated rings. The van der Waals surface area contributed by atoms with Crippen molar-refractivity contribution < 1.29 is 27.5 Å². The minimum Gasteiger partial charge on any atom is -0.454 e. The standard InChI is InChI=1S/C21H20ClNO6S/c22-18-3-1-2-17(14-18)20(24)15-29-21(25)9-6-16-4-7-19(8-5-16)30(26,27)23-10-12-28-13-11-23/h1-9,14H,10-13,15H2/b9-6+. The smallest absolute Gasteiger partial charge is 0.331 e. The Morgan fingerprint density at radius 3 is 2.47 bits per heavy atom. The van der Waals surface area contributed by atoms with Gasteiger partial charge in [0, 0.05) is 29.8 Å². The highest BCUT2D eigenvalue weighted by Gasteiger charge is 2.25. The van der Waals surface area contributed by atoms with Crippen LogP contribution in [0.5, 0.6) is 0 Å². The number of rotatable bonds is 7. The van der Waals surface area contributed by atoms with Crippen LogP contribution in [0, 0.1) is 0 Å². The third-order valence-electron chi connectivity index (χ3n) is 4.39. The van der Waals surface area contributed by atoms with Gasteiger partial charge in [0.2, 0.25) is 10.0 Å². The van der Waals surface area contributed by atoms with Crippen molar-refractivity contribution in [2.45, 2.75) is 4.90 Å². The van der Waals surface area contributed by atoms with E-state index in [0.29, 0.717) is 42.5 Å². The monoisotopic (exact) mass is 449 g/mol. The number of esters is 1. The molecule has 158 valence electrons. The predicted molar refractivity (Wildman–Crippen MR) is 112 cm³/mol. The number of morpholine rings is 1. The van der Waals surface area contributed by atoms with E-state index < -0.39 is 22.6 Å². The number of ketones is 1. The minimum absolute atomic E-state index is 0.177. The molecule has 0 amide bonds. The van der Waals surface area contributed by atoms with Crippen LogP contribution in [-0.4, -0.2) is 57.4 Å². The molecule has 1 heterocycles. The van der Waals surface area contributed by atoms with E-state index in [9.17, 15) is 18.0 Å². The molecule has 1 aliphatic heterocycles. The fourth-order valence-electron chi connectivity index (χ4n) is 2.78. The number of hydrogen-bond donors (Lipinski definition) is 0. The lowest BCUT2D eigenvalue weighted by Crippen LogP contribution is -2.40. The molecular formula is C21H20ClNO6S. The van der Waals surface area contributed by atoms with Gasteiger partial charge in [-0.15, -0.1) is 0 Å². The second-order valence-electron chi connectivity index (χ2n) is 6.46. The first-order valence-electron chi connectivity index (χ1n) is 9.18. The maximum atomic E-state index is 12.6. The van der Waals surface area contributed by atoms with Crippen LogP contribution >= 0.6 is 11.6 Å². The largest absolute Gasteiger partial charge is 0.454 e. The molecule has 0 saturated carbocycles. The van der Waals surface area contributed by atoms with Crippen molar-refractivity contribution in [3.05, 3.63) is 70.8 Å². The van der Waals surface area contributed by atoms with Gasteiger partial charge in [-0.3, -0.25) is 4.79 Å². The third-order valence-corrected chi connectivity index (χ3v) is 6.54. The normalized spacial score (nSPS) is 15.2. The first-order valence-corrected chi connectivity index (χ1v) is 11.0. The molecule has 1 saturated heterocycles. The Morgan fingerprint density at radius 1 is 1.10 bits per heavy atom. The van der Waals surface area contributed by atoms with Gasteiger partial charge in [0.05, 0.1) is 18.1 Å². The van der Waals surface area contributed by atoms with Crippen LogP contribution in [0.1, 0.15) is 15.9 Å². The van der Waals surface area contributed by atoms with Crippen LogP contribution in [-0.2, 0) is 24.3 Å². The average Bonchev–Trinajstić information content (AvgIpc) is 2.77. The van der Waals surface area contributed by atoms with Crippen molar-refractivity contribution in [3.63, 3.8) is 0 Å². The average molecular weight is 450 g/mol. The number of hydrogen-bond acceptors (Lipinski definition) is 6. The predicted octanol–water partition coefficient (Wildman–Crippen LogP) is 2.80. The third kappa shape index (κ3) is 5.76. The highest BCUT2D eigenvalue weighted by atomic mass is 35.5. The van der Waals surface area contributed by atoms with Crippen molar-refractivity contribution in [1.29, 1.82) is 0 Å². The molecule has 0 atom stereocenters. The Labute approximate surface area is 179 Å². The molecule has 0 spiro atoms. The summed E-state index contributed by atoms with van der Waals surface area (Å²) in [6, 6.07) is 12.5. The first-order chi connectivity index (χ1) is 14.4. The van der Waals surface area contributed by atoms with Crippen molar-refractivity contribution in [2.24, 2.45) is 0 Å². The second kappa shape index (κ2) is 9.99. The van der Waals surface area contributed by atoms with E-state index in [1.807, 2.05) is 0 Å². The van der Waals surface area contributed by atoms with Crippen LogP contribution in [0.4, 0.5) is 0 Å². The molecule has 2 aromatic carbocycles. The molecule has 0 aromatic heterocycles. The van der Waals surface area contributed by atoms with Crippen molar-refractivity contribution in [2.75, 3.05) is 32.9 Å². The van der Waals surface area contributed by atoms with Crippen molar-refractivity contribution in [3.8, 4) is 0 Å². The van der Waals surface area contributed by atoms with Gasteiger partial charge < -0.3 is 9.47 Å². The number of Topliss-reactive ketones (excluding diaryl/α,β-unsaturated/α-hetero) is 1. The lowest BCUT2D eigenvalue weighted by Gasteiger charge is -2.26. The number of benzene rings is 2. The zero-order valence-corrected chi connectivity index (χ0v) is 17.6. The SMILES string of the molecule is O=C(/C=C/c1ccc(S(=O)(=O)N2CCOCC2)cc1)OCC(=O)c1cccc(Cl)c1. The Morgan fingerprint density at radius 2 is 1.80 bits per heavy atom. The Bertz CT molecular complexity index is 1040. The summed E-state index contributed by atoms with van der Waals surface area (Å²) in [4.78, 5) is 24.0. The molecule has 0 aliphatic carbocycles. The molecule has 9 heteroatoms. The lowest BCUT2D eigenvalue weighted by atomic mass is 10.1. The molecule has 30 heavy (non-hydrogen) atoms. The van der Waals surface area contributed by atoms with Crippen LogP contribution in [0.3, 0.4) is 0 Å². The van der Waals surface area contributed by atoms with E-state index >= 15 is 0 Å². The number of sulfonamides is 1. The molecule has 7 nitrogen and oxygen atoms in total. The fraction of sp³-hybridized carbons (Fsp3) is 0.238. The van der Waals surface area contributed by atoms with Gasteiger partial charge in [-0.1, -0.05) is 35.9 Å². The summed E-state index contributed by atoms with van der Waals surface area (Å²) in [6.45, 7) is 0.998. The van der Waals surface area contributed by atoms with Gasteiger partial charge in [-0.2, -0.15) is 4.31 Å². The van der Waals surface area contributed by atoms with Gasteiger partial charge in [0.25, 0.3) is 0 Å². The summed E-state index contributed by atoms with van der Waals surface area (Å²) >= 11 is 5.84. The highest BCUT2D eigenvalue weighted by Crippen LogP contribution is 2.18. The molecule has 1 aliphatic rings. The van der Waals surface area contributed by atoms with Crippen LogP contribution in [0.2, 0.25) is 5.02 Å². The van der Waals surface area contributed by atoms with E-state index in [0.717, 1.165) is 0 Å². The zero-order valence-electron chi connectivity index (χ0n) is 16.0. The quantitative estimate of drug-likeness (QED) is 0.367. The Kier molecular flexibility index (Phi) is 7.38. The summed E-state index contributed by atoms with van der Waals surface area (Å²) in [6.07, 6.45) is 2.66. The molecule has 0 bridgehead atoms. The Balaban J connectivity index is 1.55. The molecular weight excluding hydrogens is 430 g/mol. The van der Waals surface area contributed by atoms with E-state index in [1.165, 1.54) is 34.7 Å². The van der Waals surface area contributed by atoms with Crippen molar-refractivity contribution >= 4 is 39.5 Å². The summed E-state index contributed by atoms with van der Waals surface area (Å²) in [7, 11) is -3.57. The van der Waals surface area contributed by atoms with Gasteiger partial charge in [0.15, 0.2) is 12.4 Å². The first kappa shape index (κ1) is 22.2. The van der Waals surface area contributed by atoms with E-state index in [1.54, 1.807) is 30.3 Å². The number of nitrogens with zero attached hydrogens (tertiary/aromatic N) is 1. The van der Waals surface area contributed by atoms with E-state index in [-0.39, 0.29) is 10.7 Å². The topological polar surface area (TPSA) is 90.0 Å². The Hall–Kier alpha value is -2.52. The van der Waals surface area contributed by atoms with Gasteiger partial charge in [-0.05, 0) is 35.9 Å². The van der Waals surface area contributed by atoms with Gasteiger partial charge in [-0.25, -0.2) is 13.2 Å². The van der Waals surface area contributed by atoms with Crippen LogP contribution in [0.15, 0.2) is 59.5 Å². The summed E-state index contributed by atoms with van der Waals surface area (Å²) in [5.74, 6) is -1.05. The zero-order chi connectivity index (χ0) is 21.6. The number of carbonyl (C=O) groups excluding carboxylic acids is 2. The van der Waals surface area contributed by atoms with Crippen LogP contribution in [0.25, 0.3) is 6.08 Å². The second-order valence-corrected chi connectivity index (χ2v) is 8.83. The molecule has 0 N–H and O–H groups in total. The summed E-state index contributed by atoms with van der Waals surface area (Å²) < 4.78 is 36.7. The maximum absolute atomic E-state index is 12.6. The van der Waals surface area contributed by atoms with Gasteiger partial charge >= 0.3 is 5.97 Å². The van der Waals surface area contributed by atoms with Gasteiger partial charge in [0.1, 0.15) is 0 Å². The lowest BCUT2D eigenvalue weighted by molar-refractivity contribution is -0.136. The summed E-state index contributed by atoms with van der Waals surface area (Å²) in [5.41, 5.74) is 0.977. The molecule has 0 radical (unpaired) electrons.